The Hall–Kier alpha value is -1.84. The van der Waals surface area contributed by atoms with E-state index in [4.69, 9.17) is 5.11 Å². The smallest absolute Gasteiger partial charge is 0.427 e. The highest BCUT2D eigenvalue weighted by Crippen LogP contribution is 2.34. The first-order chi connectivity index (χ1) is 8.70. The number of halogens is 3. The molecule has 0 radical (unpaired) electrons. The zero-order valence-corrected chi connectivity index (χ0v) is 10.5. The van der Waals surface area contributed by atoms with Crippen LogP contribution in [-0.4, -0.2) is 40.6 Å². The van der Waals surface area contributed by atoms with Gasteiger partial charge >= 0.3 is 18.2 Å². The van der Waals surface area contributed by atoms with E-state index in [2.05, 4.69) is 10.3 Å². The van der Waals surface area contributed by atoms with Gasteiger partial charge in [-0.3, -0.25) is 10.1 Å². The van der Waals surface area contributed by atoms with Gasteiger partial charge in [0.1, 0.15) is 4.88 Å². The van der Waals surface area contributed by atoms with Crippen LogP contribution in [0.25, 0.3) is 0 Å². The third kappa shape index (κ3) is 4.73. The molecule has 19 heavy (non-hydrogen) atoms. The summed E-state index contributed by atoms with van der Waals surface area (Å²) in [5, 5.41) is 10.4. The summed E-state index contributed by atoms with van der Waals surface area (Å²) in [5.41, 5.74) is 0. The molecule has 0 bridgehead atoms. The van der Waals surface area contributed by atoms with E-state index in [-0.39, 0.29) is 18.1 Å². The van der Waals surface area contributed by atoms with Crippen LogP contribution in [0.4, 0.5) is 23.1 Å². The molecule has 1 heterocycles. The Bertz CT molecular complexity index is 475. The Morgan fingerprint density at radius 1 is 1.53 bits per heavy atom. The average Bonchev–Trinajstić information content (AvgIpc) is 2.73. The van der Waals surface area contributed by atoms with Crippen molar-refractivity contribution in [3.8, 4) is 0 Å². The van der Waals surface area contributed by atoms with Crippen molar-refractivity contribution in [3.63, 3.8) is 0 Å². The molecule has 0 fully saturated rings. The number of anilines is 1. The lowest BCUT2D eigenvalue weighted by Gasteiger charge is -2.15. The Labute approximate surface area is 109 Å². The summed E-state index contributed by atoms with van der Waals surface area (Å²) >= 11 is 0.299. The van der Waals surface area contributed by atoms with E-state index < -0.39 is 23.1 Å². The molecule has 0 saturated heterocycles. The summed E-state index contributed by atoms with van der Waals surface area (Å²) in [6.45, 7) is -0.0569. The Morgan fingerprint density at radius 2 is 2.16 bits per heavy atom. The number of carboxylic acids is 1. The van der Waals surface area contributed by atoms with Gasteiger partial charge in [0.15, 0.2) is 5.13 Å². The topological polar surface area (TPSA) is 82.5 Å². The number of thiazole rings is 1. The monoisotopic (exact) mass is 297 g/mol. The third-order valence-corrected chi connectivity index (χ3v) is 2.96. The van der Waals surface area contributed by atoms with Crippen molar-refractivity contribution in [2.24, 2.45) is 0 Å². The number of carbonyl (C=O) groups excluding carboxylic acids is 1. The Morgan fingerprint density at radius 3 is 2.63 bits per heavy atom. The van der Waals surface area contributed by atoms with Crippen LogP contribution < -0.4 is 5.32 Å². The molecule has 1 rings (SSSR count). The molecule has 0 spiro atoms. The minimum Gasteiger partial charge on any atom is -0.481 e. The zero-order chi connectivity index (χ0) is 14.6. The van der Waals surface area contributed by atoms with Gasteiger partial charge in [0.05, 0.1) is 12.6 Å². The number of alkyl halides is 3. The quantitative estimate of drug-likeness (QED) is 0.891. The third-order valence-electron chi connectivity index (χ3n) is 2.01. The van der Waals surface area contributed by atoms with Gasteiger partial charge in [-0.1, -0.05) is 11.3 Å². The molecule has 0 aliphatic heterocycles. The van der Waals surface area contributed by atoms with Crippen LogP contribution in [0.15, 0.2) is 6.20 Å². The number of carbonyl (C=O) groups is 2. The Balaban J connectivity index is 2.57. The molecular formula is C9H10F3N3O3S. The number of aliphatic carboxylic acids is 1. The Kier molecular flexibility index (Phi) is 4.70. The SMILES string of the molecule is CN(CCC(=O)O)C(=O)Nc1ncc(C(F)(F)F)s1. The van der Waals surface area contributed by atoms with Gasteiger partial charge in [-0.05, 0) is 0 Å². The van der Waals surface area contributed by atoms with Gasteiger partial charge < -0.3 is 10.0 Å². The summed E-state index contributed by atoms with van der Waals surface area (Å²) in [7, 11) is 1.33. The van der Waals surface area contributed by atoms with E-state index in [0.717, 1.165) is 4.90 Å². The highest BCUT2D eigenvalue weighted by atomic mass is 32.1. The standard InChI is InChI=1S/C9H10F3N3O3S/c1-15(3-2-6(16)17)8(18)14-7-13-4-5(19-7)9(10,11)12/h4H,2-3H2,1H3,(H,16,17)(H,13,14,18). The first-order valence-corrected chi connectivity index (χ1v) is 5.78. The van der Waals surface area contributed by atoms with E-state index in [0.29, 0.717) is 17.5 Å². The first-order valence-electron chi connectivity index (χ1n) is 4.97. The van der Waals surface area contributed by atoms with Crippen molar-refractivity contribution in [3.05, 3.63) is 11.1 Å². The molecule has 2 N–H and O–H groups in total. The number of rotatable bonds is 4. The minimum absolute atomic E-state index is 0.0569. The van der Waals surface area contributed by atoms with Crippen molar-refractivity contribution in [2.45, 2.75) is 12.6 Å². The molecule has 1 aromatic heterocycles. The maximum atomic E-state index is 12.3. The van der Waals surface area contributed by atoms with E-state index in [9.17, 15) is 22.8 Å². The molecule has 1 aromatic rings. The molecule has 6 nitrogen and oxygen atoms in total. The van der Waals surface area contributed by atoms with Crippen LogP contribution >= 0.6 is 11.3 Å². The van der Waals surface area contributed by atoms with E-state index >= 15 is 0 Å². The molecule has 0 atom stereocenters. The summed E-state index contributed by atoms with van der Waals surface area (Å²) in [5.74, 6) is -1.08. The molecule has 0 unspecified atom stereocenters. The van der Waals surface area contributed by atoms with Crippen LogP contribution in [0.3, 0.4) is 0 Å². The average molecular weight is 297 g/mol. The molecule has 106 valence electrons. The van der Waals surface area contributed by atoms with Gasteiger partial charge in [0.25, 0.3) is 0 Å². The number of amides is 2. The second kappa shape index (κ2) is 5.87. The van der Waals surface area contributed by atoms with Crippen molar-refractivity contribution in [1.29, 1.82) is 0 Å². The van der Waals surface area contributed by atoms with Crippen molar-refractivity contribution >= 4 is 28.5 Å². The minimum atomic E-state index is -4.50. The van der Waals surface area contributed by atoms with Crippen molar-refractivity contribution < 1.29 is 27.9 Å². The van der Waals surface area contributed by atoms with Crippen molar-refractivity contribution in [2.75, 3.05) is 18.9 Å². The van der Waals surface area contributed by atoms with Crippen LogP contribution in [0.2, 0.25) is 0 Å². The molecule has 0 aliphatic carbocycles. The van der Waals surface area contributed by atoms with Gasteiger partial charge in [-0.25, -0.2) is 9.78 Å². The molecular weight excluding hydrogens is 287 g/mol. The zero-order valence-electron chi connectivity index (χ0n) is 9.69. The van der Waals surface area contributed by atoms with E-state index in [1.165, 1.54) is 7.05 Å². The normalized spacial score (nSPS) is 11.2. The number of nitrogens with zero attached hydrogens (tertiary/aromatic N) is 2. The maximum Gasteiger partial charge on any atom is 0.427 e. The predicted molar refractivity (Wildman–Crippen MR) is 61.0 cm³/mol. The van der Waals surface area contributed by atoms with E-state index in [1.54, 1.807) is 0 Å². The lowest BCUT2D eigenvalue weighted by Crippen LogP contribution is -2.33. The largest absolute Gasteiger partial charge is 0.481 e. The highest BCUT2D eigenvalue weighted by molar-refractivity contribution is 7.15. The van der Waals surface area contributed by atoms with Gasteiger partial charge in [-0.15, -0.1) is 0 Å². The fourth-order valence-electron chi connectivity index (χ4n) is 1.01. The number of nitrogens with one attached hydrogen (secondary N) is 1. The van der Waals surface area contributed by atoms with Crippen LogP contribution in [-0.2, 0) is 11.0 Å². The number of urea groups is 1. The highest BCUT2D eigenvalue weighted by Gasteiger charge is 2.33. The second-order valence-corrected chi connectivity index (χ2v) is 4.55. The molecule has 0 aliphatic rings. The predicted octanol–water partition coefficient (Wildman–Crippen LogP) is 2.10. The van der Waals surface area contributed by atoms with Crippen LogP contribution in [0.1, 0.15) is 11.3 Å². The first kappa shape index (κ1) is 15.2. The number of hydrogen-bond acceptors (Lipinski definition) is 4. The fourth-order valence-corrected chi connectivity index (χ4v) is 1.69. The van der Waals surface area contributed by atoms with E-state index in [1.807, 2.05) is 0 Å². The molecule has 2 amide bonds. The van der Waals surface area contributed by atoms with Gasteiger partial charge in [0, 0.05) is 13.6 Å². The molecule has 0 saturated carbocycles. The number of carboxylic acid groups (broad SMARTS) is 1. The van der Waals surface area contributed by atoms with Gasteiger partial charge in [0.2, 0.25) is 0 Å². The summed E-state index contributed by atoms with van der Waals surface area (Å²) < 4.78 is 36.9. The van der Waals surface area contributed by atoms with Gasteiger partial charge in [-0.2, -0.15) is 13.2 Å². The summed E-state index contributed by atoms with van der Waals surface area (Å²) in [6, 6.07) is -0.718. The summed E-state index contributed by atoms with van der Waals surface area (Å²) in [6.07, 6.45) is -4.14. The molecule has 0 aromatic carbocycles. The fraction of sp³-hybridized carbons (Fsp3) is 0.444. The van der Waals surface area contributed by atoms with Crippen LogP contribution in [0.5, 0.6) is 0 Å². The van der Waals surface area contributed by atoms with Crippen LogP contribution in [0, 0.1) is 0 Å². The lowest BCUT2D eigenvalue weighted by molar-refractivity contribution is -0.137. The second-order valence-electron chi connectivity index (χ2n) is 3.52. The maximum absolute atomic E-state index is 12.3. The molecule has 10 heteroatoms. The lowest BCUT2D eigenvalue weighted by atomic mass is 10.4. The van der Waals surface area contributed by atoms with Crippen molar-refractivity contribution in [1.82, 2.24) is 9.88 Å². The number of hydrogen-bond donors (Lipinski definition) is 2. The number of aromatic nitrogens is 1. The summed E-state index contributed by atoms with van der Waals surface area (Å²) in [4.78, 5) is 25.3.